The molecule has 0 bridgehead atoms. The number of benzene rings is 1. The fraction of sp³-hybridized carbons (Fsp3) is 0.417. The Morgan fingerprint density at radius 1 is 1.19 bits per heavy atom. The summed E-state index contributed by atoms with van der Waals surface area (Å²) in [4.78, 5) is 0. The molecule has 0 aromatic heterocycles. The van der Waals surface area contributed by atoms with Crippen molar-refractivity contribution in [3.8, 4) is 17.6 Å². The fourth-order valence-electron chi connectivity index (χ4n) is 1.29. The van der Waals surface area contributed by atoms with Gasteiger partial charge in [-0.05, 0) is 31.5 Å². The monoisotopic (exact) mass is 239 g/mol. The van der Waals surface area contributed by atoms with Crippen molar-refractivity contribution in [2.24, 2.45) is 0 Å². The number of hydrogen-bond donors (Lipinski definition) is 0. The van der Waals surface area contributed by atoms with Gasteiger partial charge in [0.1, 0.15) is 16.5 Å². The van der Waals surface area contributed by atoms with Crippen molar-refractivity contribution in [1.82, 2.24) is 0 Å². The van der Waals surface area contributed by atoms with Crippen LogP contribution in [0, 0.1) is 11.3 Å². The second kappa shape index (κ2) is 4.63. The molecule has 0 amide bonds. The summed E-state index contributed by atoms with van der Waals surface area (Å²) in [5.41, 5.74) is 0.207. The lowest BCUT2D eigenvalue weighted by atomic mass is 9.86. The summed E-state index contributed by atoms with van der Waals surface area (Å²) < 4.78 is 10.3. The summed E-state index contributed by atoms with van der Waals surface area (Å²) in [6.07, 6.45) is 0. The van der Waals surface area contributed by atoms with E-state index in [0.717, 1.165) is 5.56 Å². The normalized spacial score (nSPS) is 10.8. The standard InChI is InChI=1S/C12H14ClNO2/c1-12(2,7-14)8-5-9(15-3)11(13)10(6-8)16-4/h5-6H,1-4H3. The van der Waals surface area contributed by atoms with E-state index in [1.54, 1.807) is 12.1 Å². The minimum Gasteiger partial charge on any atom is -0.495 e. The van der Waals surface area contributed by atoms with E-state index < -0.39 is 5.41 Å². The van der Waals surface area contributed by atoms with E-state index in [4.69, 9.17) is 26.3 Å². The largest absolute Gasteiger partial charge is 0.495 e. The number of ether oxygens (including phenoxy) is 2. The van der Waals surface area contributed by atoms with Crippen LogP contribution in [0.15, 0.2) is 12.1 Å². The number of halogens is 1. The number of nitrogens with zero attached hydrogens (tertiary/aromatic N) is 1. The maximum absolute atomic E-state index is 9.08. The van der Waals surface area contributed by atoms with Gasteiger partial charge in [-0.15, -0.1) is 0 Å². The van der Waals surface area contributed by atoms with E-state index in [2.05, 4.69) is 6.07 Å². The first-order valence-corrected chi connectivity index (χ1v) is 5.17. The van der Waals surface area contributed by atoms with Gasteiger partial charge in [0.25, 0.3) is 0 Å². The van der Waals surface area contributed by atoms with Gasteiger partial charge in [-0.25, -0.2) is 0 Å². The first-order valence-electron chi connectivity index (χ1n) is 4.79. The van der Waals surface area contributed by atoms with E-state index in [0.29, 0.717) is 16.5 Å². The van der Waals surface area contributed by atoms with E-state index in [1.807, 2.05) is 13.8 Å². The predicted octanol–water partition coefficient (Wildman–Crippen LogP) is 3.16. The Labute approximate surface area is 101 Å². The molecule has 0 saturated heterocycles. The van der Waals surface area contributed by atoms with Gasteiger partial charge in [0, 0.05) is 0 Å². The molecule has 1 aromatic carbocycles. The van der Waals surface area contributed by atoms with Crippen LogP contribution in [0.3, 0.4) is 0 Å². The van der Waals surface area contributed by atoms with Gasteiger partial charge < -0.3 is 9.47 Å². The van der Waals surface area contributed by atoms with Crippen LogP contribution >= 0.6 is 11.6 Å². The Hall–Kier alpha value is -1.40. The molecule has 0 aliphatic carbocycles. The van der Waals surface area contributed by atoms with Crippen molar-refractivity contribution in [1.29, 1.82) is 5.26 Å². The minimum atomic E-state index is -0.606. The molecular weight excluding hydrogens is 226 g/mol. The molecule has 0 saturated carbocycles. The molecular formula is C12H14ClNO2. The van der Waals surface area contributed by atoms with Gasteiger partial charge >= 0.3 is 0 Å². The van der Waals surface area contributed by atoms with Crippen LogP contribution in [0.1, 0.15) is 19.4 Å². The van der Waals surface area contributed by atoms with Crippen LogP contribution in [0.5, 0.6) is 11.5 Å². The van der Waals surface area contributed by atoms with Crippen LogP contribution in [0.2, 0.25) is 5.02 Å². The first-order chi connectivity index (χ1) is 7.46. The van der Waals surface area contributed by atoms with Crippen molar-refractivity contribution in [3.63, 3.8) is 0 Å². The van der Waals surface area contributed by atoms with Gasteiger partial charge in [-0.2, -0.15) is 5.26 Å². The zero-order valence-corrected chi connectivity index (χ0v) is 10.6. The lowest BCUT2D eigenvalue weighted by Gasteiger charge is -2.19. The Kier molecular flexibility index (Phi) is 3.66. The number of methoxy groups -OCH3 is 2. The molecule has 1 aromatic rings. The van der Waals surface area contributed by atoms with Crippen LogP contribution in [-0.2, 0) is 5.41 Å². The summed E-state index contributed by atoms with van der Waals surface area (Å²) in [6, 6.07) is 5.74. The quantitative estimate of drug-likeness (QED) is 0.814. The molecule has 0 N–H and O–H groups in total. The summed E-state index contributed by atoms with van der Waals surface area (Å²) in [5.74, 6) is 1.03. The Bertz CT molecular complexity index is 410. The second-order valence-corrected chi connectivity index (χ2v) is 4.31. The Morgan fingerprint density at radius 2 is 1.62 bits per heavy atom. The molecule has 0 unspecified atom stereocenters. The third-order valence-electron chi connectivity index (χ3n) is 2.45. The molecule has 1 rings (SSSR count). The molecule has 0 atom stereocenters. The van der Waals surface area contributed by atoms with Crippen LogP contribution in [-0.4, -0.2) is 14.2 Å². The molecule has 86 valence electrons. The van der Waals surface area contributed by atoms with Crippen molar-refractivity contribution in [2.45, 2.75) is 19.3 Å². The average molecular weight is 240 g/mol. The molecule has 0 aliphatic rings. The number of nitriles is 1. The summed E-state index contributed by atoms with van der Waals surface area (Å²) >= 11 is 6.04. The lowest BCUT2D eigenvalue weighted by molar-refractivity contribution is 0.392. The summed E-state index contributed by atoms with van der Waals surface area (Å²) in [7, 11) is 3.06. The van der Waals surface area contributed by atoms with E-state index in [1.165, 1.54) is 14.2 Å². The maximum Gasteiger partial charge on any atom is 0.141 e. The van der Waals surface area contributed by atoms with Crippen molar-refractivity contribution >= 4 is 11.6 Å². The number of rotatable bonds is 3. The molecule has 0 radical (unpaired) electrons. The van der Waals surface area contributed by atoms with E-state index >= 15 is 0 Å². The average Bonchev–Trinajstić information content (AvgIpc) is 2.29. The lowest BCUT2D eigenvalue weighted by Crippen LogP contribution is -2.14. The number of hydrogen-bond acceptors (Lipinski definition) is 3. The van der Waals surface area contributed by atoms with Crippen LogP contribution in [0.25, 0.3) is 0 Å². The third kappa shape index (κ3) is 2.23. The van der Waals surface area contributed by atoms with E-state index in [-0.39, 0.29) is 0 Å². The summed E-state index contributed by atoms with van der Waals surface area (Å²) in [5, 5.41) is 9.50. The molecule has 3 nitrogen and oxygen atoms in total. The van der Waals surface area contributed by atoms with Crippen LogP contribution < -0.4 is 9.47 Å². The van der Waals surface area contributed by atoms with Gasteiger partial charge in [-0.1, -0.05) is 11.6 Å². The second-order valence-electron chi connectivity index (χ2n) is 3.93. The Balaban J connectivity index is 3.40. The first kappa shape index (κ1) is 12.7. The van der Waals surface area contributed by atoms with Gasteiger partial charge in [0.2, 0.25) is 0 Å². The van der Waals surface area contributed by atoms with Gasteiger partial charge in [-0.3, -0.25) is 0 Å². The van der Waals surface area contributed by atoms with Crippen molar-refractivity contribution in [2.75, 3.05) is 14.2 Å². The van der Waals surface area contributed by atoms with Crippen molar-refractivity contribution in [3.05, 3.63) is 22.7 Å². The minimum absolute atomic E-state index is 0.419. The fourth-order valence-corrected chi connectivity index (χ4v) is 1.56. The van der Waals surface area contributed by atoms with Gasteiger partial charge in [0.05, 0.1) is 25.7 Å². The molecule has 0 heterocycles. The smallest absolute Gasteiger partial charge is 0.141 e. The topological polar surface area (TPSA) is 42.2 Å². The zero-order valence-electron chi connectivity index (χ0n) is 9.80. The van der Waals surface area contributed by atoms with E-state index in [9.17, 15) is 0 Å². The maximum atomic E-state index is 9.08. The summed E-state index contributed by atoms with van der Waals surface area (Å²) in [6.45, 7) is 3.66. The Morgan fingerprint density at radius 3 is 1.94 bits per heavy atom. The highest BCUT2D eigenvalue weighted by molar-refractivity contribution is 6.33. The highest BCUT2D eigenvalue weighted by Crippen LogP contribution is 2.38. The molecule has 4 heteroatoms. The molecule has 0 spiro atoms. The van der Waals surface area contributed by atoms with Crippen LogP contribution in [0.4, 0.5) is 0 Å². The highest BCUT2D eigenvalue weighted by atomic mass is 35.5. The zero-order chi connectivity index (χ0) is 12.3. The predicted molar refractivity (Wildman–Crippen MR) is 63.2 cm³/mol. The van der Waals surface area contributed by atoms with Crippen molar-refractivity contribution < 1.29 is 9.47 Å². The third-order valence-corrected chi connectivity index (χ3v) is 2.82. The molecule has 0 aliphatic heterocycles. The highest BCUT2D eigenvalue weighted by Gasteiger charge is 2.23. The molecule has 0 fully saturated rings. The molecule has 16 heavy (non-hydrogen) atoms. The van der Waals surface area contributed by atoms with Gasteiger partial charge in [0.15, 0.2) is 0 Å². The SMILES string of the molecule is COc1cc(C(C)(C)C#N)cc(OC)c1Cl.